The van der Waals surface area contributed by atoms with Crippen molar-refractivity contribution >= 4 is 29.1 Å². The summed E-state index contributed by atoms with van der Waals surface area (Å²) in [7, 11) is 0. The van der Waals surface area contributed by atoms with E-state index in [9.17, 15) is 9.59 Å². The van der Waals surface area contributed by atoms with E-state index in [1.807, 2.05) is 30.3 Å². The number of rotatable bonds is 6. The van der Waals surface area contributed by atoms with Gasteiger partial charge in [-0.15, -0.1) is 0 Å². The fourth-order valence-electron chi connectivity index (χ4n) is 2.51. The van der Waals surface area contributed by atoms with Gasteiger partial charge in [-0.1, -0.05) is 41.9 Å². The maximum atomic E-state index is 12.2. The molecular formula is C21H18ClN3O2. The summed E-state index contributed by atoms with van der Waals surface area (Å²) in [4.78, 5) is 28.1. The van der Waals surface area contributed by atoms with Gasteiger partial charge >= 0.3 is 0 Å². The van der Waals surface area contributed by atoms with Crippen LogP contribution >= 0.6 is 11.6 Å². The molecule has 0 unspecified atom stereocenters. The van der Waals surface area contributed by atoms with Gasteiger partial charge < -0.3 is 10.6 Å². The number of amides is 2. The molecule has 0 aliphatic carbocycles. The highest BCUT2D eigenvalue weighted by molar-refractivity contribution is 6.31. The normalized spacial score (nSPS) is 10.3. The molecule has 6 heteroatoms. The summed E-state index contributed by atoms with van der Waals surface area (Å²) in [6, 6.07) is 18.0. The lowest BCUT2D eigenvalue weighted by atomic mass is 10.1. The molecule has 0 spiro atoms. The van der Waals surface area contributed by atoms with Crippen molar-refractivity contribution in [2.75, 3.05) is 5.32 Å². The Labute approximate surface area is 162 Å². The zero-order chi connectivity index (χ0) is 19.1. The zero-order valence-electron chi connectivity index (χ0n) is 14.5. The van der Waals surface area contributed by atoms with Crippen LogP contribution in [0.3, 0.4) is 0 Å². The Hall–Kier alpha value is -3.18. The van der Waals surface area contributed by atoms with Gasteiger partial charge in [0.2, 0.25) is 5.91 Å². The number of carbonyl (C=O) groups is 2. The smallest absolute Gasteiger partial charge is 0.253 e. The van der Waals surface area contributed by atoms with Crippen molar-refractivity contribution in [1.29, 1.82) is 0 Å². The summed E-state index contributed by atoms with van der Waals surface area (Å²) in [5.74, 6) is -0.319. The molecular weight excluding hydrogens is 362 g/mol. The van der Waals surface area contributed by atoms with Gasteiger partial charge in [-0.3, -0.25) is 14.6 Å². The molecule has 0 saturated carbocycles. The first-order valence-electron chi connectivity index (χ1n) is 8.42. The Kier molecular flexibility index (Phi) is 6.18. The minimum absolute atomic E-state index is 0.138. The summed E-state index contributed by atoms with van der Waals surface area (Å²) in [5.41, 5.74) is 2.91. The van der Waals surface area contributed by atoms with E-state index in [0.717, 1.165) is 11.1 Å². The Morgan fingerprint density at radius 3 is 2.44 bits per heavy atom. The van der Waals surface area contributed by atoms with Crippen LogP contribution in [0.2, 0.25) is 5.02 Å². The van der Waals surface area contributed by atoms with Crippen LogP contribution in [0.15, 0.2) is 73.1 Å². The number of nitrogens with zero attached hydrogens (tertiary/aromatic N) is 1. The number of nitrogens with one attached hydrogen (secondary N) is 2. The maximum Gasteiger partial charge on any atom is 0.253 e. The van der Waals surface area contributed by atoms with E-state index in [-0.39, 0.29) is 18.2 Å². The van der Waals surface area contributed by atoms with Crippen LogP contribution in [-0.4, -0.2) is 16.8 Å². The number of aromatic nitrogens is 1. The van der Waals surface area contributed by atoms with Crippen molar-refractivity contribution in [2.24, 2.45) is 0 Å². The van der Waals surface area contributed by atoms with Gasteiger partial charge in [0.1, 0.15) is 0 Å². The van der Waals surface area contributed by atoms with E-state index in [4.69, 9.17) is 11.6 Å². The zero-order valence-corrected chi connectivity index (χ0v) is 15.2. The first-order chi connectivity index (χ1) is 13.1. The SMILES string of the molecule is O=C(Cc1ccccc1Cl)Nc1ccc(CNC(=O)c2cccnc2)cc1. The molecule has 0 atom stereocenters. The van der Waals surface area contributed by atoms with E-state index >= 15 is 0 Å². The van der Waals surface area contributed by atoms with E-state index < -0.39 is 0 Å². The van der Waals surface area contributed by atoms with Crippen LogP contribution in [-0.2, 0) is 17.8 Å². The third-order valence-corrected chi connectivity index (χ3v) is 4.29. The number of pyridine rings is 1. The fourth-order valence-corrected chi connectivity index (χ4v) is 2.71. The highest BCUT2D eigenvalue weighted by atomic mass is 35.5. The highest BCUT2D eigenvalue weighted by Gasteiger charge is 2.08. The van der Waals surface area contributed by atoms with Crippen LogP contribution in [0.1, 0.15) is 21.5 Å². The summed E-state index contributed by atoms with van der Waals surface area (Å²) >= 11 is 6.08. The Morgan fingerprint density at radius 2 is 1.74 bits per heavy atom. The number of carbonyl (C=O) groups excluding carboxylic acids is 2. The molecule has 0 aliphatic heterocycles. The van der Waals surface area contributed by atoms with Crippen molar-refractivity contribution in [1.82, 2.24) is 10.3 Å². The summed E-state index contributed by atoms with van der Waals surface area (Å²) < 4.78 is 0. The van der Waals surface area contributed by atoms with Crippen molar-refractivity contribution in [3.63, 3.8) is 0 Å². The number of anilines is 1. The molecule has 0 fully saturated rings. The number of hydrogen-bond donors (Lipinski definition) is 2. The van der Waals surface area contributed by atoms with Crippen LogP contribution in [0, 0.1) is 0 Å². The van der Waals surface area contributed by atoms with Gasteiger partial charge in [-0.25, -0.2) is 0 Å². The topological polar surface area (TPSA) is 71.1 Å². The van der Waals surface area contributed by atoms with Gasteiger partial charge in [0, 0.05) is 29.6 Å². The summed E-state index contributed by atoms with van der Waals surface area (Å²) in [6.07, 6.45) is 3.35. The van der Waals surface area contributed by atoms with E-state index in [1.54, 1.807) is 36.5 Å². The van der Waals surface area contributed by atoms with E-state index in [1.165, 1.54) is 6.20 Å². The van der Waals surface area contributed by atoms with Crippen LogP contribution < -0.4 is 10.6 Å². The number of benzene rings is 2. The lowest BCUT2D eigenvalue weighted by Crippen LogP contribution is -2.22. The van der Waals surface area contributed by atoms with Crippen molar-refractivity contribution < 1.29 is 9.59 Å². The van der Waals surface area contributed by atoms with Crippen LogP contribution in [0.4, 0.5) is 5.69 Å². The van der Waals surface area contributed by atoms with Gasteiger partial charge in [0.15, 0.2) is 0 Å². The molecule has 1 aromatic heterocycles. The first kappa shape index (κ1) is 18.6. The van der Waals surface area contributed by atoms with Crippen molar-refractivity contribution in [2.45, 2.75) is 13.0 Å². The first-order valence-corrected chi connectivity index (χ1v) is 8.80. The van der Waals surface area contributed by atoms with Crippen molar-refractivity contribution in [3.05, 3.63) is 94.8 Å². The standard InChI is InChI=1S/C21H18ClN3O2/c22-19-6-2-1-4-16(19)12-20(26)25-18-9-7-15(8-10-18)13-24-21(27)17-5-3-11-23-14-17/h1-11,14H,12-13H2,(H,24,27)(H,25,26). The lowest BCUT2D eigenvalue weighted by Gasteiger charge is -2.08. The van der Waals surface area contributed by atoms with Crippen molar-refractivity contribution in [3.8, 4) is 0 Å². The largest absolute Gasteiger partial charge is 0.348 e. The molecule has 2 N–H and O–H groups in total. The molecule has 136 valence electrons. The van der Waals surface area contributed by atoms with Crippen LogP contribution in [0.25, 0.3) is 0 Å². The molecule has 1 heterocycles. The average Bonchev–Trinajstić information content (AvgIpc) is 2.69. The van der Waals surface area contributed by atoms with Gasteiger partial charge in [-0.05, 0) is 41.5 Å². The van der Waals surface area contributed by atoms with E-state index in [0.29, 0.717) is 22.8 Å². The molecule has 2 amide bonds. The summed E-state index contributed by atoms with van der Waals surface area (Å²) in [5, 5.41) is 6.25. The lowest BCUT2D eigenvalue weighted by molar-refractivity contribution is -0.115. The predicted molar refractivity (Wildman–Crippen MR) is 106 cm³/mol. The average molecular weight is 380 g/mol. The van der Waals surface area contributed by atoms with Crippen LogP contribution in [0.5, 0.6) is 0 Å². The summed E-state index contributed by atoms with van der Waals surface area (Å²) in [6.45, 7) is 0.390. The molecule has 0 bridgehead atoms. The molecule has 2 aromatic carbocycles. The molecule has 0 aliphatic rings. The third-order valence-electron chi connectivity index (χ3n) is 3.92. The van der Waals surface area contributed by atoms with E-state index in [2.05, 4.69) is 15.6 Å². The second kappa shape index (κ2) is 8.96. The predicted octanol–water partition coefficient (Wildman–Crippen LogP) is 3.85. The maximum absolute atomic E-state index is 12.2. The van der Waals surface area contributed by atoms with Gasteiger partial charge in [-0.2, -0.15) is 0 Å². The molecule has 3 rings (SSSR count). The molecule has 5 nitrogen and oxygen atoms in total. The second-order valence-electron chi connectivity index (χ2n) is 5.94. The number of hydrogen-bond acceptors (Lipinski definition) is 3. The second-order valence-corrected chi connectivity index (χ2v) is 6.34. The highest BCUT2D eigenvalue weighted by Crippen LogP contribution is 2.16. The molecule has 0 saturated heterocycles. The Bertz CT molecular complexity index is 928. The quantitative estimate of drug-likeness (QED) is 0.683. The Balaban J connectivity index is 1.52. The van der Waals surface area contributed by atoms with Gasteiger partial charge in [0.05, 0.1) is 12.0 Å². The molecule has 3 aromatic rings. The molecule has 27 heavy (non-hydrogen) atoms. The monoisotopic (exact) mass is 379 g/mol. The minimum Gasteiger partial charge on any atom is -0.348 e. The molecule has 0 radical (unpaired) electrons. The Morgan fingerprint density at radius 1 is 0.963 bits per heavy atom. The fraction of sp³-hybridized carbons (Fsp3) is 0.0952. The minimum atomic E-state index is -0.180. The third kappa shape index (κ3) is 5.39. The van der Waals surface area contributed by atoms with Gasteiger partial charge in [0.25, 0.3) is 5.91 Å². The number of halogens is 1.